The lowest BCUT2D eigenvalue weighted by atomic mass is 9.92. The maximum Gasteiger partial charge on any atom is 0.320 e. The van der Waals surface area contributed by atoms with E-state index in [0.717, 1.165) is 0 Å². The first kappa shape index (κ1) is 14.7. The molecular weight excluding hydrogens is 194 g/mol. The molecule has 4 nitrogen and oxygen atoms in total. The molecule has 1 amide bonds. The number of hydrogen-bond acceptors (Lipinski definition) is 3. The molecule has 0 fully saturated rings. The predicted molar refractivity (Wildman–Crippen MR) is 51.7 cm³/mol. The highest BCUT2D eigenvalue weighted by molar-refractivity contribution is 6.01. The highest BCUT2D eigenvalue weighted by Crippen LogP contribution is 2.19. The number of hydrogen-bond donors (Lipinski definition) is 0. The molecular formula is C8H16ClNO3. The third-order valence-corrected chi connectivity index (χ3v) is 1.64. The maximum atomic E-state index is 11.4. The summed E-state index contributed by atoms with van der Waals surface area (Å²) in [7, 11) is 4.48. The molecule has 0 radical (unpaired) electrons. The molecule has 0 aliphatic heterocycles. The van der Waals surface area contributed by atoms with Crippen LogP contribution in [-0.2, 0) is 14.3 Å². The number of carbonyl (C=O) groups is 2. The second-order valence-corrected chi connectivity index (χ2v) is 3.32. The van der Waals surface area contributed by atoms with Gasteiger partial charge in [0.05, 0.1) is 7.11 Å². The van der Waals surface area contributed by atoms with Crippen molar-refractivity contribution in [2.75, 3.05) is 21.2 Å². The van der Waals surface area contributed by atoms with E-state index in [-0.39, 0.29) is 18.3 Å². The number of amides is 1. The van der Waals surface area contributed by atoms with Crippen LogP contribution in [-0.4, -0.2) is 38.0 Å². The Morgan fingerprint density at radius 2 is 1.62 bits per heavy atom. The fourth-order valence-corrected chi connectivity index (χ4v) is 0.901. The van der Waals surface area contributed by atoms with Crippen molar-refractivity contribution in [1.82, 2.24) is 4.90 Å². The van der Waals surface area contributed by atoms with Crippen LogP contribution < -0.4 is 0 Å². The van der Waals surface area contributed by atoms with Crippen molar-refractivity contribution in [3.8, 4) is 0 Å². The summed E-state index contributed by atoms with van der Waals surface area (Å²) in [5.41, 5.74) is -1.09. The molecule has 78 valence electrons. The van der Waals surface area contributed by atoms with Gasteiger partial charge in [0.2, 0.25) is 5.91 Å². The van der Waals surface area contributed by atoms with E-state index in [1.54, 1.807) is 27.9 Å². The zero-order chi connectivity index (χ0) is 9.94. The average Bonchev–Trinajstić information content (AvgIpc) is 2.01. The Labute approximate surface area is 84.6 Å². The number of esters is 1. The molecule has 0 N–H and O–H groups in total. The standard InChI is InChI=1S/C8H15NO3.ClH/c1-8(2,7(11)12-5)6(10)9(3)4;/h1-5H3;1H. The van der Waals surface area contributed by atoms with Crippen molar-refractivity contribution < 1.29 is 14.3 Å². The predicted octanol–water partition coefficient (Wildman–Crippen LogP) is 0.696. The van der Waals surface area contributed by atoms with Crippen LogP contribution in [0.2, 0.25) is 0 Å². The Kier molecular flexibility index (Phi) is 5.74. The van der Waals surface area contributed by atoms with Crippen molar-refractivity contribution in [2.45, 2.75) is 13.8 Å². The highest BCUT2D eigenvalue weighted by atomic mass is 35.5. The zero-order valence-corrected chi connectivity index (χ0v) is 9.40. The molecule has 13 heavy (non-hydrogen) atoms. The summed E-state index contributed by atoms with van der Waals surface area (Å²) < 4.78 is 4.50. The van der Waals surface area contributed by atoms with Gasteiger partial charge in [0.1, 0.15) is 5.41 Å². The monoisotopic (exact) mass is 209 g/mol. The molecule has 0 aromatic heterocycles. The van der Waals surface area contributed by atoms with E-state index in [9.17, 15) is 9.59 Å². The molecule has 5 heteroatoms. The maximum absolute atomic E-state index is 11.4. The van der Waals surface area contributed by atoms with Gasteiger partial charge in [-0.15, -0.1) is 12.4 Å². The summed E-state index contributed by atoms with van der Waals surface area (Å²) in [6.45, 7) is 3.09. The van der Waals surface area contributed by atoms with Crippen molar-refractivity contribution in [3.63, 3.8) is 0 Å². The average molecular weight is 210 g/mol. The first-order valence-corrected chi connectivity index (χ1v) is 3.64. The second kappa shape index (κ2) is 5.07. The van der Waals surface area contributed by atoms with E-state index in [4.69, 9.17) is 0 Å². The minimum Gasteiger partial charge on any atom is -0.468 e. The number of nitrogens with zero attached hydrogens (tertiary/aromatic N) is 1. The van der Waals surface area contributed by atoms with E-state index in [0.29, 0.717) is 0 Å². The van der Waals surface area contributed by atoms with E-state index in [2.05, 4.69) is 4.74 Å². The molecule has 0 aliphatic rings. The third kappa shape index (κ3) is 3.22. The minimum atomic E-state index is -1.09. The highest BCUT2D eigenvalue weighted by Gasteiger charge is 2.38. The first-order valence-electron chi connectivity index (χ1n) is 3.64. The summed E-state index contributed by atoms with van der Waals surface area (Å²) in [5.74, 6) is -0.768. The summed E-state index contributed by atoms with van der Waals surface area (Å²) >= 11 is 0. The van der Waals surface area contributed by atoms with Gasteiger partial charge in [-0.05, 0) is 13.8 Å². The second-order valence-electron chi connectivity index (χ2n) is 3.32. The zero-order valence-electron chi connectivity index (χ0n) is 8.58. The molecule has 0 saturated heterocycles. The molecule has 0 aromatic rings. The normalized spacial score (nSPS) is 9.92. The number of rotatable bonds is 2. The number of halogens is 1. The van der Waals surface area contributed by atoms with Crippen molar-refractivity contribution >= 4 is 24.3 Å². The van der Waals surface area contributed by atoms with Crippen LogP contribution in [0, 0.1) is 5.41 Å². The van der Waals surface area contributed by atoms with Crippen molar-refractivity contribution in [3.05, 3.63) is 0 Å². The van der Waals surface area contributed by atoms with Gasteiger partial charge in [-0.1, -0.05) is 0 Å². The molecule has 0 spiro atoms. The Bertz CT molecular complexity index is 202. The molecule has 0 atom stereocenters. The quantitative estimate of drug-likeness (QED) is 0.497. The van der Waals surface area contributed by atoms with Gasteiger partial charge in [0.15, 0.2) is 0 Å². The lowest BCUT2D eigenvalue weighted by Crippen LogP contribution is -2.42. The fourth-order valence-electron chi connectivity index (χ4n) is 0.901. The van der Waals surface area contributed by atoms with Gasteiger partial charge in [0.25, 0.3) is 0 Å². The van der Waals surface area contributed by atoms with Gasteiger partial charge < -0.3 is 9.64 Å². The smallest absolute Gasteiger partial charge is 0.320 e. The summed E-state index contributed by atoms with van der Waals surface area (Å²) in [5, 5.41) is 0. The Hall–Kier alpha value is -0.770. The Morgan fingerprint density at radius 3 is 1.85 bits per heavy atom. The van der Waals surface area contributed by atoms with Crippen LogP contribution in [0.1, 0.15) is 13.8 Å². The van der Waals surface area contributed by atoms with E-state index >= 15 is 0 Å². The summed E-state index contributed by atoms with van der Waals surface area (Å²) in [6, 6.07) is 0. The number of ether oxygens (including phenoxy) is 1. The van der Waals surface area contributed by atoms with E-state index in [1.807, 2.05) is 0 Å². The summed E-state index contributed by atoms with van der Waals surface area (Å²) in [6.07, 6.45) is 0. The number of methoxy groups -OCH3 is 1. The summed E-state index contributed by atoms with van der Waals surface area (Å²) in [4.78, 5) is 23.9. The Balaban J connectivity index is 0. The van der Waals surface area contributed by atoms with Crippen LogP contribution in [0.5, 0.6) is 0 Å². The van der Waals surface area contributed by atoms with Crippen molar-refractivity contribution in [1.29, 1.82) is 0 Å². The SMILES string of the molecule is COC(=O)C(C)(C)C(=O)N(C)C.Cl. The van der Waals surface area contributed by atoms with Crippen LogP contribution in [0.25, 0.3) is 0 Å². The van der Waals surface area contributed by atoms with Gasteiger partial charge in [-0.2, -0.15) is 0 Å². The largest absolute Gasteiger partial charge is 0.468 e. The topological polar surface area (TPSA) is 46.6 Å². The van der Waals surface area contributed by atoms with Crippen LogP contribution in [0.3, 0.4) is 0 Å². The van der Waals surface area contributed by atoms with Crippen LogP contribution in [0.4, 0.5) is 0 Å². The lowest BCUT2D eigenvalue weighted by Gasteiger charge is -2.23. The van der Waals surface area contributed by atoms with Crippen LogP contribution in [0.15, 0.2) is 0 Å². The van der Waals surface area contributed by atoms with E-state index < -0.39 is 11.4 Å². The molecule has 0 unspecified atom stereocenters. The van der Waals surface area contributed by atoms with Gasteiger partial charge >= 0.3 is 5.97 Å². The fraction of sp³-hybridized carbons (Fsp3) is 0.750. The minimum absolute atomic E-state index is 0. The van der Waals surface area contributed by atoms with E-state index in [1.165, 1.54) is 12.0 Å². The first-order chi connectivity index (χ1) is 5.34. The molecule has 0 saturated carbocycles. The van der Waals surface area contributed by atoms with Gasteiger partial charge in [-0.3, -0.25) is 9.59 Å². The Morgan fingerprint density at radius 1 is 1.23 bits per heavy atom. The third-order valence-electron chi connectivity index (χ3n) is 1.64. The molecule has 0 bridgehead atoms. The van der Waals surface area contributed by atoms with Gasteiger partial charge in [0, 0.05) is 14.1 Å². The van der Waals surface area contributed by atoms with Crippen molar-refractivity contribution in [2.24, 2.45) is 5.41 Å². The lowest BCUT2D eigenvalue weighted by molar-refractivity contribution is -0.159. The van der Waals surface area contributed by atoms with Crippen LogP contribution >= 0.6 is 12.4 Å². The number of carbonyl (C=O) groups excluding carboxylic acids is 2. The molecule has 0 aromatic carbocycles. The molecule has 0 heterocycles. The molecule has 0 aliphatic carbocycles. The molecule has 0 rings (SSSR count). The van der Waals surface area contributed by atoms with Gasteiger partial charge in [-0.25, -0.2) is 0 Å².